The van der Waals surface area contributed by atoms with Crippen LogP contribution >= 0.6 is 45.5 Å². The van der Waals surface area contributed by atoms with Crippen molar-refractivity contribution in [3.8, 4) is 11.5 Å². The SMILES string of the molecule is CCOc1cc(/C=N\Nc2nc3ccccc3s2)cc(I)c1OCc1ccc(Cl)cc1. The Labute approximate surface area is 203 Å². The molecule has 0 radical (unpaired) electrons. The molecular weight excluding hydrogens is 545 g/mol. The van der Waals surface area contributed by atoms with Gasteiger partial charge in [-0.1, -0.05) is 47.2 Å². The second-order valence-electron chi connectivity index (χ2n) is 6.53. The van der Waals surface area contributed by atoms with Crippen LogP contribution in [-0.2, 0) is 6.61 Å². The molecule has 4 aromatic rings. The van der Waals surface area contributed by atoms with Gasteiger partial charge in [-0.2, -0.15) is 5.10 Å². The monoisotopic (exact) mass is 563 g/mol. The third-order valence-corrected chi connectivity index (χ3v) is 6.29. The number of anilines is 1. The fraction of sp³-hybridized carbons (Fsp3) is 0.130. The first-order chi connectivity index (χ1) is 15.1. The van der Waals surface area contributed by atoms with E-state index in [4.69, 9.17) is 21.1 Å². The van der Waals surface area contributed by atoms with Crippen LogP contribution in [0.1, 0.15) is 18.1 Å². The van der Waals surface area contributed by atoms with Crippen molar-refractivity contribution < 1.29 is 9.47 Å². The number of para-hydroxylation sites is 1. The minimum atomic E-state index is 0.430. The zero-order chi connectivity index (χ0) is 21.6. The van der Waals surface area contributed by atoms with Crippen LogP contribution in [0.25, 0.3) is 10.2 Å². The van der Waals surface area contributed by atoms with Crippen molar-refractivity contribution in [1.82, 2.24) is 4.98 Å². The number of benzene rings is 3. The van der Waals surface area contributed by atoms with Gasteiger partial charge in [-0.25, -0.2) is 4.98 Å². The summed E-state index contributed by atoms with van der Waals surface area (Å²) in [5, 5.41) is 5.80. The van der Waals surface area contributed by atoms with E-state index in [2.05, 4.69) is 38.1 Å². The van der Waals surface area contributed by atoms with Crippen molar-refractivity contribution in [2.24, 2.45) is 5.10 Å². The molecule has 0 fully saturated rings. The van der Waals surface area contributed by atoms with Crippen LogP contribution in [-0.4, -0.2) is 17.8 Å². The zero-order valence-corrected chi connectivity index (χ0v) is 20.4. The number of ether oxygens (including phenoxy) is 2. The van der Waals surface area contributed by atoms with Gasteiger partial charge in [0.25, 0.3) is 0 Å². The van der Waals surface area contributed by atoms with Crippen molar-refractivity contribution in [3.63, 3.8) is 0 Å². The summed E-state index contributed by atoms with van der Waals surface area (Å²) in [4.78, 5) is 4.52. The Balaban J connectivity index is 1.48. The molecule has 0 unspecified atom stereocenters. The lowest BCUT2D eigenvalue weighted by molar-refractivity contribution is 0.267. The minimum Gasteiger partial charge on any atom is -0.490 e. The number of hydrazone groups is 1. The number of hydrogen-bond donors (Lipinski definition) is 1. The molecule has 31 heavy (non-hydrogen) atoms. The summed E-state index contributed by atoms with van der Waals surface area (Å²) in [6.45, 7) is 2.92. The predicted molar refractivity (Wildman–Crippen MR) is 137 cm³/mol. The van der Waals surface area contributed by atoms with E-state index in [1.54, 1.807) is 17.6 Å². The highest BCUT2D eigenvalue weighted by Gasteiger charge is 2.12. The average molecular weight is 564 g/mol. The standard InChI is InChI=1S/C23H19ClIN3O2S/c1-2-29-20-12-16(13-26-28-23-27-19-5-3-4-6-21(19)31-23)11-18(25)22(20)30-14-15-7-9-17(24)10-8-15/h3-13H,2,14H2,1H3,(H,27,28)/b26-13-. The van der Waals surface area contributed by atoms with Crippen LogP contribution in [0.4, 0.5) is 5.13 Å². The number of nitrogens with one attached hydrogen (secondary N) is 1. The smallest absolute Gasteiger partial charge is 0.204 e. The summed E-state index contributed by atoms with van der Waals surface area (Å²) in [7, 11) is 0. The van der Waals surface area contributed by atoms with Crippen LogP contribution in [0.3, 0.4) is 0 Å². The van der Waals surface area contributed by atoms with Crippen LogP contribution in [0.2, 0.25) is 5.02 Å². The molecule has 0 saturated heterocycles. The lowest BCUT2D eigenvalue weighted by Crippen LogP contribution is -2.02. The first-order valence-electron chi connectivity index (χ1n) is 9.60. The Morgan fingerprint density at radius 1 is 1.13 bits per heavy atom. The predicted octanol–water partition coefficient (Wildman–Crippen LogP) is 6.98. The molecule has 0 amide bonds. The summed E-state index contributed by atoms with van der Waals surface area (Å²) >= 11 is 9.77. The van der Waals surface area contributed by atoms with E-state index in [1.165, 1.54) is 0 Å². The fourth-order valence-corrected chi connectivity index (χ4v) is 4.61. The van der Waals surface area contributed by atoms with Crippen molar-refractivity contribution in [2.45, 2.75) is 13.5 Å². The maximum Gasteiger partial charge on any atom is 0.204 e. The van der Waals surface area contributed by atoms with Gasteiger partial charge >= 0.3 is 0 Å². The Morgan fingerprint density at radius 3 is 2.71 bits per heavy atom. The Kier molecular flexibility index (Phi) is 7.26. The van der Waals surface area contributed by atoms with E-state index in [9.17, 15) is 0 Å². The number of fused-ring (bicyclic) bond motifs is 1. The molecule has 1 N–H and O–H groups in total. The number of halogens is 2. The lowest BCUT2D eigenvalue weighted by Gasteiger charge is -2.14. The van der Waals surface area contributed by atoms with Gasteiger partial charge in [0, 0.05) is 5.02 Å². The number of rotatable bonds is 8. The van der Waals surface area contributed by atoms with Gasteiger partial charge in [0.1, 0.15) is 6.61 Å². The molecule has 3 aromatic carbocycles. The van der Waals surface area contributed by atoms with Gasteiger partial charge in [-0.05, 0) is 77.0 Å². The molecule has 5 nitrogen and oxygen atoms in total. The molecule has 158 valence electrons. The van der Waals surface area contributed by atoms with Crippen LogP contribution < -0.4 is 14.9 Å². The van der Waals surface area contributed by atoms with Crippen molar-refractivity contribution in [2.75, 3.05) is 12.0 Å². The van der Waals surface area contributed by atoms with Gasteiger partial charge in [-0.15, -0.1) is 0 Å². The number of hydrogen-bond acceptors (Lipinski definition) is 6. The average Bonchev–Trinajstić information content (AvgIpc) is 3.17. The fourth-order valence-electron chi connectivity index (χ4n) is 2.88. The Morgan fingerprint density at radius 2 is 1.94 bits per heavy atom. The van der Waals surface area contributed by atoms with Gasteiger partial charge in [0.05, 0.1) is 26.6 Å². The molecule has 1 heterocycles. The van der Waals surface area contributed by atoms with E-state index in [-0.39, 0.29) is 0 Å². The third kappa shape index (κ3) is 5.66. The summed E-state index contributed by atoms with van der Waals surface area (Å²) < 4.78 is 14.0. The second-order valence-corrected chi connectivity index (χ2v) is 9.16. The highest BCUT2D eigenvalue weighted by molar-refractivity contribution is 14.1. The van der Waals surface area contributed by atoms with Crippen molar-refractivity contribution in [1.29, 1.82) is 0 Å². The quantitative estimate of drug-likeness (QED) is 0.143. The van der Waals surface area contributed by atoms with Gasteiger partial charge in [0.15, 0.2) is 11.5 Å². The number of aromatic nitrogens is 1. The molecule has 0 aliphatic rings. The summed E-state index contributed by atoms with van der Waals surface area (Å²) in [5.74, 6) is 1.40. The molecule has 8 heteroatoms. The van der Waals surface area contributed by atoms with E-state index in [0.29, 0.717) is 29.7 Å². The molecular formula is C23H19ClIN3O2S. The maximum atomic E-state index is 6.06. The van der Waals surface area contributed by atoms with E-state index in [1.807, 2.05) is 67.6 Å². The molecule has 0 aliphatic carbocycles. The van der Waals surface area contributed by atoms with Gasteiger partial charge < -0.3 is 9.47 Å². The third-order valence-electron chi connectivity index (χ3n) is 4.30. The molecule has 4 rings (SSSR count). The number of nitrogens with zero attached hydrogens (tertiary/aromatic N) is 2. The largest absolute Gasteiger partial charge is 0.490 e. The molecule has 0 bridgehead atoms. The minimum absolute atomic E-state index is 0.430. The van der Waals surface area contributed by atoms with E-state index in [0.717, 1.165) is 30.0 Å². The van der Waals surface area contributed by atoms with E-state index < -0.39 is 0 Å². The van der Waals surface area contributed by atoms with Crippen LogP contribution in [0.15, 0.2) is 65.8 Å². The van der Waals surface area contributed by atoms with Crippen LogP contribution in [0, 0.1) is 3.57 Å². The first-order valence-corrected chi connectivity index (χ1v) is 11.9. The maximum absolute atomic E-state index is 6.06. The second kappa shape index (κ2) is 10.3. The normalized spacial score (nSPS) is 11.2. The highest BCUT2D eigenvalue weighted by atomic mass is 127. The molecule has 0 aliphatic heterocycles. The molecule has 0 spiro atoms. The molecule has 0 saturated carbocycles. The van der Waals surface area contributed by atoms with Crippen molar-refractivity contribution in [3.05, 3.63) is 80.4 Å². The number of thiazole rings is 1. The van der Waals surface area contributed by atoms with Gasteiger partial charge in [0.2, 0.25) is 5.13 Å². The van der Waals surface area contributed by atoms with Crippen LogP contribution in [0.5, 0.6) is 11.5 Å². The first kappa shape index (κ1) is 21.9. The Bertz CT molecular complexity index is 1180. The highest BCUT2D eigenvalue weighted by Crippen LogP contribution is 2.34. The topological polar surface area (TPSA) is 55.7 Å². The molecule has 1 aromatic heterocycles. The summed E-state index contributed by atoms with van der Waals surface area (Å²) in [6, 6.07) is 19.5. The summed E-state index contributed by atoms with van der Waals surface area (Å²) in [6.07, 6.45) is 1.75. The van der Waals surface area contributed by atoms with Gasteiger partial charge in [-0.3, -0.25) is 5.43 Å². The zero-order valence-electron chi connectivity index (χ0n) is 16.6. The Hall–Kier alpha value is -2.36. The lowest BCUT2D eigenvalue weighted by atomic mass is 10.2. The van der Waals surface area contributed by atoms with Crippen molar-refractivity contribution >= 4 is 67.1 Å². The molecule has 0 atom stereocenters. The van der Waals surface area contributed by atoms with E-state index >= 15 is 0 Å². The summed E-state index contributed by atoms with van der Waals surface area (Å²) in [5.41, 5.74) is 5.91.